The van der Waals surface area contributed by atoms with Crippen LogP contribution in [0.2, 0.25) is 0 Å². The molecule has 0 aliphatic heterocycles. The minimum Gasteiger partial charge on any atom is -0.475 e. The molecule has 0 fully saturated rings. The highest BCUT2D eigenvalue weighted by atomic mass is 79.9. The number of carboxylic acid groups (broad SMARTS) is 1. The topological polar surface area (TPSA) is 62.5 Å². The second-order valence-corrected chi connectivity index (χ2v) is 5.03. The van der Waals surface area contributed by atoms with E-state index in [1.807, 2.05) is 12.1 Å². The summed E-state index contributed by atoms with van der Waals surface area (Å²) in [4.78, 5) is 10.8. The van der Waals surface area contributed by atoms with Gasteiger partial charge in [0.1, 0.15) is 5.58 Å². The highest BCUT2D eigenvalue weighted by Gasteiger charge is 2.10. The van der Waals surface area contributed by atoms with E-state index >= 15 is 0 Å². The Morgan fingerprint density at radius 1 is 1.44 bits per heavy atom. The van der Waals surface area contributed by atoms with Crippen LogP contribution in [-0.2, 0) is 6.54 Å². The molecule has 2 N–H and O–H groups in total. The van der Waals surface area contributed by atoms with Crippen LogP contribution in [0.4, 0.5) is 0 Å². The van der Waals surface area contributed by atoms with E-state index in [9.17, 15) is 4.79 Å². The summed E-state index contributed by atoms with van der Waals surface area (Å²) in [6.45, 7) is 5.11. The van der Waals surface area contributed by atoms with Gasteiger partial charge < -0.3 is 14.8 Å². The Kier molecular flexibility index (Phi) is 3.84. The Balaban J connectivity index is 2.16. The van der Waals surface area contributed by atoms with Gasteiger partial charge in [-0.25, -0.2) is 4.79 Å². The van der Waals surface area contributed by atoms with Crippen LogP contribution in [0.5, 0.6) is 0 Å². The van der Waals surface area contributed by atoms with E-state index in [-0.39, 0.29) is 5.76 Å². The maximum absolute atomic E-state index is 10.8. The maximum Gasteiger partial charge on any atom is 0.371 e. The zero-order valence-corrected chi connectivity index (χ0v) is 11.2. The monoisotopic (exact) mass is 309 g/mol. The SMILES string of the molecule is C=C(Br)CNCc1ccc2oc(C(=O)O)cc2c1. The fraction of sp³-hybridized carbons (Fsp3) is 0.154. The third kappa shape index (κ3) is 3.00. The highest BCUT2D eigenvalue weighted by Crippen LogP contribution is 2.20. The van der Waals surface area contributed by atoms with Gasteiger partial charge in [0.15, 0.2) is 0 Å². The molecule has 1 heterocycles. The summed E-state index contributed by atoms with van der Waals surface area (Å²) in [6.07, 6.45) is 0. The molecule has 0 bridgehead atoms. The smallest absolute Gasteiger partial charge is 0.371 e. The lowest BCUT2D eigenvalue weighted by Gasteiger charge is -2.03. The number of furan rings is 1. The summed E-state index contributed by atoms with van der Waals surface area (Å²) < 4.78 is 6.07. The summed E-state index contributed by atoms with van der Waals surface area (Å²) in [5, 5.41) is 12.8. The Bertz CT molecular complexity index is 603. The molecule has 0 saturated heterocycles. The number of rotatable bonds is 5. The summed E-state index contributed by atoms with van der Waals surface area (Å²) in [6, 6.07) is 7.13. The third-order valence-corrected chi connectivity index (χ3v) is 2.72. The number of hydrogen-bond donors (Lipinski definition) is 2. The highest BCUT2D eigenvalue weighted by molar-refractivity contribution is 9.11. The van der Waals surface area contributed by atoms with Crippen molar-refractivity contribution in [3.8, 4) is 0 Å². The van der Waals surface area contributed by atoms with Gasteiger partial charge in [-0.2, -0.15) is 0 Å². The van der Waals surface area contributed by atoms with Crippen LogP contribution in [0.1, 0.15) is 16.1 Å². The van der Waals surface area contributed by atoms with Crippen LogP contribution >= 0.6 is 15.9 Å². The average molecular weight is 310 g/mol. The molecule has 18 heavy (non-hydrogen) atoms. The predicted molar refractivity (Wildman–Crippen MR) is 72.9 cm³/mol. The lowest BCUT2D eigenvalue weighted by Crippen LogP contribution is -2.14. The standard InChI is InChI=1S/C13H12BrNO3/c1-8(14)6-15-7-9-2-3-11-10(4-9)5-12(18-11)13(16)17/h2-5,15H,1,6-7H2,(H,16,17). The van der Waals surface area contributed by atoms with Gasteiger partial charge in [-0.15, -0.1) is 0 Å². The van der Waals surface area contributed by atoms with Gasteiger partial charge in [0.05, 0.1) is 0 Å². The summed E-state index contributed by atoms with van der Waals surface area (Å²) in [5.41, 5.74) is 1.65. The van der Waals surface area contributed by atoms with E-state index in [0.29, 0.717) is 18.7 Å². The molecule has 0 atom stereocenters. The van der Waals surface area contributed by atoms with Crippen LogP contribution in [0.25, 0.3) is 11.0 Å². The molecule has 0 amide bonds. The molecule has 0 spiro atoms. The zero-order valence-electron chi connectivity index (χ0n) is 9.57. The summed E-state index contributed by atoms with van der Waals surface area (Å²) >= 11 is 3.27. The van der Waals surface area contributed by atoms with Crippen molar-refractivity contribution in [1.29, 1.82) is 0 Å². The van der Waals surface area contributed by atoms with Crippen molar-refractivity contribution in [3.63, 3.8) is 0 Å². The van der Waals surface area contributed by atoms with Crippen molar-refractivity contribution in [3.05, 3.63) is 46.7 Å². The molecule has 1 aromatic carbocycles. The van der Waals surface area contributed by atoms with Crippen LogP contribution in [0.15, 0.2) is 39.7 Å². The second kappa shape index (κ2) is 5.37. The van der Waals surface area contributed by atoms with Crippen molar-refractivity contribution in [2.45, 2.75) is 6.54 Å². The van der Waals surface area contributed by atoms with E-state index in [4.69, 9.17) is 9.52 Å². The van der Waals surface area contributed by atoms with Gasteiger partial charge in [-0.05, 0) is 23.8 Å². The van der Waals surface area contributed by atoms with E-state index in [2.05, 4.69) is 27.8 Å². The molecule has 0 saturated carbocycles. The number of carbonyl (C=O) groups is 1. The number of halogens is 1. The quantitative estimate of drug-likeness (QED) is 0.890. The number of hydrogen-bond acceptors (Lipinski definition) is 3. The van der Waals surface area contributed by atoms with Gasteiger partial charge >= 0.3 is 5.97 Å². The van der Waals surface area contributed by atoms with Crippen molar-refractivity contribution in [1.82, 2.24) is 5.32 Å². The normalized spacial score (nSPS) is 10.7. The molecule has 4 nitrogen and oxygen atoms in total. The van der Waals surface area contributed by atoms with Gasteiger partial charge in [-0.1, -0.05) is 28.6 Å². The number of carboxylic acids is 1. The van der Waals surface area contributed by atoms with Crippen LogP contribution in [0, 0.1) is 0 Å². The average Bonchev–Trinajstić information content (AvgIpc) is 2.71. The first kappa shape index (κ1) is 12.9. The largest absolute Gasteiger partial charge is 0.475 e. The summed E-state index contributed by atoms with van der Waals surface area (Å²) in [5.74, 6) is -1.09. The minimum absolute atomic E-state index is 0.0380. The first-order valence-corrected chi connectivity index (χ1v) is 6.15. The molecule has 94 valence electrons. The van der Waals surface area contributed by atoms with Gasteiger partial charge in [-0.3, -0.25) is 0 Å². The lowest BCUT2D eigenvalue weighted by molar-refractivity contribution is 0.0665. The number of benzene rings is 1. The van der Waals surface area contributed by atoms with Crippen molar-refractivity contribution in [2.24, 2.45) is 0 Å². The molecule has 5 heteroatoms. The molecule has 0 aliphatic rings. The zero-order chi connectivity index (χ0) is 13.1. The Morgan fingerprint density at radius 3 is 2.89 bits per heavy atom. The Morgan fingerprint density at radius 2 is 2.22 bits per heavy atom. The molecule has 0 unspecified atom stereocenters. The van der Waals surface area contributed by atoms with E-state index in [1.54, 1.807) is 6.07 Å². The van der Waals surface area contributed by atoms with Crippen molar-refractivity contribution in [2.75, 3.05) is 6.54 Å². The van der Waals surface area contributed by atoms with Crippen LogP contribution < -0.4 is 5.32 Å². The minimum atomic E-state index is -1.05. The molecule has 2 aromatic rings. The first-order valence-electron chi connectivity index (χ1n) is 5.36. The van der Waals surface area contributed by atoms with Crippen LogP contribution in [-0.4, -0.2) is 17.6 Å². The van der Waals surface area contributed by atoms with E-state index < -0.39 is 5.97 Å². The van der Waals surface area contributed by atoms with Crippen LogP contribution in [0.3, 0.4) is 0 Å². The van der Waals surface area contributed by atoms with E-state index in [0.717, 1.165) is 15.4 Å². The fourth-order valence-electron chi connectivity index (χ4n) is 1.65. The Hall–Kier alpha value is -1.59. The van der Waals surface area contributed by atoms with E-state index in [1.165, 1.54) is 6.07 Å². The number of fused-ring (bicyclic) bond motifs is 1. The summed E-state index contributed by atoms with van der Waals surface area (Å²) in [7, 11) is 0. The third-order valence-electron chi connectivity index (χ3n) is 2.44. The maximum atomic E-state index is 10.8. The first-order chi connectivity index (χ1) is 8.56. The fourth-order valence-corrected chi connectivity index (χ4v) is 1.85. The lowest BCUT2D eigenvalue weighted by atomic mass is 10.1. The van der Waals surface area contributed by atoms with Gasteiger partial charge in [0.2, 0.25) is 5.76 Å². The Labute approximate surface area is 112 Å². The molecule has 1 aromatic heterocycles. The van der Waals surface area contributed by atoms with Gasteiger partial charge in [0, 0.05) is 23.0 Å². The van der Waals surface area contributed by atoms with Crippen molar-refractivity contribution >= 4 is 32.9 Å². The molecule has 0 radical (unpaired) electrons. The predicted octanol–water partition coefficient (Wildman–Crippen LogP) is 3.13. The second-order valence-electron chi connectivity index (χ2n) is 3.91. The van der Waals surface area contributed by atoms with Gasteiger partial charge in [0.25, 0.3) is 0 Å². The number of nitrogens with one attached hydrogen (secondary N) is 1. The molecular weight excluding hydrogens is 298 g/mol. The molecular formula is C13H12BrNO3. The van der Waals surface area contributed by atoms with Crippen molar-refractivity contribution < 1.29 is 14.3 Å². The molecule has 0 aliphatic carbocycles. The molecule has 2 rings (SSSR count). The number of aromatic carboxylic acids is 1.